The van der Waals surface area contributed by atoms with E-state index in [0.717, 1.165) is 12.6 Å². The van der Waals surface area contributed by atoms with E-state index in [1.54, 1.807) is 0 Å². The number of hydrogen-bond donors (Lipinski definition) is 1. The number of rotatable bonds is 6. The van der Waals surface area contributed by atoms with Crippen molar-refractivity contribution in [2.75, 3.05) is 13.1 Å². The highest BCUT2D eigenvalue weighted by Gasteiger charge is 2.33. The summed E-state index contributed by atoms with van der Waals surface area (Å²) in [5.74, 6) is 0. The van der Waals surface area contributed by atoms with Crippen molar-refractivity contribution in [3.63, 3.8) is 0 Å². The van der Waals surface area contributed by atoms with Crippen molar-refractivity contribution >= 4 is 0 Å². The molecule has 0 spiro atoms. The third kappa shape index (κ3) is 3.12. The fourth-order valence-corrected chi connectivity index (χ4v) is 2.92. The molecule has 2 nitrogen and oxygen atoms in total. The van der Waals surface area contributed by atoms with Gasteiger partial charge in [0.25, 0.3) is 0 Å². The first-order valence-electron chi connectivity index (χ1n) is 7.19. The smallest absolute Gasteiger partial charge is 0.0473 e. The Bertz CT molecular complexity index is 376. The summed E-state index contributed by atoms with van der Waals surface area (Å²) in [5, 5.41) is 0. The van der Waals surface area contributed by atoms with Crippen LogP contribution in [-0.2, 0) is 0 Å². The molecule has 18 heavy (non-hydrogen) atoms. The first kappa shape index (κ1) is 13.6. The molecule has 1 aromatic rings. The molecule has 1 atom stereocenters. The minimum atomic E-state index is 0.399. The lowest BCUT2D eigenvalue weighted by atomic mass is 9.99. The number of nitrogens with two attached hydrogens (primary N) is 1. The van der Waals surface area contributed by atoms with E-state index < -0.39 is 0 Å². The minimum Gasteiger partial charge on any atom is -0.329 e. The maximum absolute atomic E-state index is 6.06. The van der Waals surface area contributed by atoms with Crippen molar-refractivity contribution in [1.29, 1.82) is 0 Å². The van der Waals surface area contributed by atoms with Gasteiger partial charge in [-0.2, -0.15) is 0 Å². The lowest BCUT2D eigenvalue weighted by Gasteiger charge is -2.31. The average molecular weight is 246 g/mol. The van der Waals surface area contributed by atoms with Crippen LogP contribution in [0.1, 0.15) is 48.9 Å². The third-order valence-corrected chi connectivity index (χ3v) is 3.75. The van der Waals surface area contributed by atoms with E-state index >= 15 is 0 Å². The standard InChI is InChI=1S/C16H26N2/c1-4-7-18(15-5-6-15)16(11-17)14-9-12(2)8-13(3)10-14/h8-10,15-16H,4-7,11,17H2,1-3H3. The fraction of sp³-hybridized carbons (Fsp3) is 0.625. The van der Waals surface area contributed by atoms with E-state index in [4.69, 9.17) is 5.73 Å². The largest absolute Gasteiger partial charge is 0.329 e. The Morgan fingerprint density at radius 2 is 1.83 bits per heavy atom. The predicted molar refractivity (Wildman–Crippen MR) is 77.7 cm³/mol. The number of aryl methyl sites for hydroxylation is 2. The van der Waals surface area contributed by atoms with Crippen LogP contribution in [0.5, 0.6) is 0 Å². The molecule has 1 aliphatic rings. The van der Waals surface area contributed by atoms with Gasteiger partial charge in [0.1, 0.15) is 0 Å². The highest BCUT2D eigenvalue weighted by molar-refractivity contribution is 5.31. The van der Waals surface area contributed by atoms with Gasteiger partial charge < -0.3 is 5.73 Å². The summed E-state index contributed by atoms with van der Waals surface area (Å²) < 4.78 is 0. The number of hydrogen-bond acceptors (Lipinski definition) is 2. The van der Waals surface area contributed by atoms with Gasteiger partial charge in [-0.05, 0) is 45.2 Å². The highest BCUT2D eigenvalue weighted by Crippen LogP contribution is 2.34. The van der Waals surface area contributed by atoms with E-state index in [2.05, 4.69) is 43.9 Å². The Morgan fingerprint density at radius 3 is 2.28 bits per heavy atom. The highest BCUT2D eigenvalue weighted by atomic mass is 15.2. The van der Waals surface area contributed by atoms with Crippen molar-refractivity contribution in [2.45, 2.75) is 52.1 Å². The summed E-state index contributed by atoms with van der Waals surface area (Å²) >= 11 is 0. The van der Waals surface area contributed by atoms with Crippen LogP contribution in [0.2, 0.25) is 0 Å². The van der Waals surface area contributed by atoms with Crippen LogP contribution in [-0.4, -0.2) is 24.0 Å². The van der Waals surface area contributed by atoms with Crippen molar-refractivity contribution in [3.05, 3.63) is 34.9 Å². The van der Waals surface area contributed by atoms with Crippen LogP contribution in [0, 0.1) is 13.8 Å². The first-order chi connectivity index (χ1) is 8.65. The second kappa shape index (κ2) is 5.85. The van der Waals surface area contributed by atoms with Crippen LogP contribution in [0.3, 0.4) is 0 Å². The van der Waals surface area contributed by atoms with Crippen LogP contribution in [0.25, 0.3) is 0 Å². The van der Waals surface area contributed by atoms with E-state index in [0.29, 0.717) is 6.04 Å². The number of nitrogens with zero attached hydrogens (tertiary/aromatic N) is 1. The molecular weight excluding hydrogens is 220 g/mol. The van der Waals surface area contributed by atoms with Gasteiger partial charge in [0.05, 0.1) is 0 Å². The van der Waals surface area contributed by atoms with Crippen LogP contribution in [0.4, 0.5) is 0 Å². The molecule has 0 bridgehead atoms. The summed E-state index contributed by atoms with van der Waals surface area (Å²) in [6.45, 7) is 8.49. The zero-order valence-electron chi connectivity index (χ0n) is 11.9. The van der Waals surface area contributed by atoms with Crippen molar-refractivity contribution in [1.82, 2.24) is 4.90 Å². The minimum absolute atomic E-state index is 0.399. The molecule has 1 saturated carbocycles. The normalized spacial score (nSPS) is 17.2. The van der Waals surface area contributed by atoms with Crippen LogP contribution >= 0.6 is 0 Å². The molecule has 0 radical (unpaired) electrons. The molecule has 1 unspecified atom stereocenters. The molecule has 2 rings (SSSR count). The van der Waals surface area contributed by atoms with Gasteiger partial charge in [-0.3, -0.25) is 4.90 Å². The Kier molecular flexibility index (Phi) is 4.41. The molecule has 0 aliphatic heterocycles. The molecule has 0 saturated heterocycles. The fourth-order valence-electron chi connectivity index (χ4n) is 2.92. The lowest BCUT2D eigenvalue weighted by Crippen LogP contribution is -2.36. The maximum atomic E-state index is 6.06. The predicted octanol–water partition coefficient (Wildman–Crippen LogP) is 3.18. The summed E-state index contributed by atoms with van der Waals surface area (Å²) in [4.78, 5) is 2.62. The third-order valence-electron chi connectivity index (χ3n) is 3.75. The maximum Gasteiger partial charge on any atom is 0.0473 e. The van der Waals surface area contributed by atoms with Gasteiger partial charge in [0, 0.05) is 18.6 Å². The van der Waals surface area contributed by atoms with E-state index in [-0.39, 0.29) is 0 Å². The summed E-state index contributed by atoms with van der Waals surface area (Å²) in [6.07, 6.45) is 3.90. The Labute approximate surface area is 111 Å². The van der Waals surface area contributed by atoms with Gasteiger partial charge >= 0.3 is 0 Å². The first-order valence-corrected chi connectivity index (χ1v) is 7.19. The molecule has 1 fully saturated rings. The van der Waals surface area contributed by atoms with Gasteiger partial charge in [-0.15, -0.1) is 0 Å². The molecule has 0 aromatic heterocycles. The second-order valence-electron chi connectivity index (χ2n) is 5.64. The summed E-state index contributed by atoms with van der Waals surface area (Å²) in [5.41, 5.74) is 10.1. The molecule has 1 aromatic carbocycles. The van der Waals surface area contributed by atoms with E-state index in [1.165, 1.54) is 42.5 Å². The van der Waals surface area contributed by atoms with E-state index in [1.807, 2.05) is 0 Å². The van der Waals surface area contributed by atoms with Crippen LogP contribution < -0.4 is 5.73 Å². The SMILES string of the molecule is CCCN(C1CC1)C(CN)c1cc(C)cc(C)c1. The quantitative estimate of drug-likeness (QED) is 0.835. The van der Waals surface area contributed by atoms with Gasteiger partial charge in [-0.25, -0.2) is 0 Å². The van der Waals surface area contributed by atoms with Crippen LogP contribution in [0.15, 0.2) is 18.2 Å². The zero-order valence-corrected chi connectivity index (χ0v) is 11.9. The van der Waals surface area contributed by atoms with E-state index in [9.17, 15) is 0 Å². The monoisotopic (exact) mass is 246 g/mol. The number of benzene rings is 1. The topological polar surface area (TPSA) is 29.3 Å². The molecule has 0 amide bonds. The van der Waals surface area contributed by atoms with Crippen molar-refractivity contribution in [3.8, 4) is 0 Å². The summed E-state index contributed by atoms with van der Waals surface area (Å²) in [6, 6.07) is 8.01. The Hall–Kier alpha value is -0.860. The van der Waals surface area contributed by atoms with Gasteiger partial charge in [0.2, 0.25) is 0 Å². The molecular formula is C16H26N2. The summed E-state index contributed by atoms with van der Waals surface area (Å²) in [7, 11) is 0. The van der Waals surface area contributed by atoms with Gasteiger partial charge in [0.15, 0.2) is 0 Å². The second-order valence-corrected chi connectivity index (χ2v) is 5.64. The molecule has 100 valence electrons. The average Bonchev–Trinajstić information content (AvgIpc) is 3.11. The van der Waals surface area contributed by atoms with Gasteiger partial charge in [-0.1, -0.05) is 36.2 Å². The molecule has 0 heterocycles. The zero-order chi connectivity index (χ0) is 13.1. The molecule has 2 heteroatoms. The molecule has 1 aliphatic carbocycles. The van der Waals surface area contributed by atoms with Crippen molar-refractivity contribution < 1.29 is 0 Å². The Balaban J connectivity index is 2.24. The lowest BCUT2D eigenvalue weighted by molar-refractivity contribution is 0.191. The molecule has 2 N–H and O–H groups in total. The van der Waals surface area contributed by atoms with Crippen molar-refractivity contribution in [2.24, 2.45) is 5.73 Å². The Morgan fingerprint density at radius 1 is 1.22 bits per heavy atom.